The molecule has 1 unspecified atom stereocenters. The first kappa shape index (κ1) is 23.0. The molecule has 2 amide bonds. The van der Waals surface area contributed by atoms with Gasteiger partial charge in [-0.15, -0.1) is 0 Å². The number of hydrogen-bond donors (Lipinski definition) is 2. The van der Waals surface area contributed by atoms with Crippen molar-refractivity contribution in [3.63, 3.8) is 0 Å². The Bertz CT molecular complexity index is 876. The summed E-state index contributed by atoms with van der Waals surface area (Å²) in [5.74, 6) is -0.367. The predicted molar refractivity (Wildman–Crippen MR) is 117 cm³/mol. The van der Waals surface area contributed by atoms with E-state index >= 15 is 0 Å². The first-order valence-electron chi connectivity index (χ1n) is 9.52. The summed E-state index contributed by atoms with van der Waals surface area (Å²) in [7, 11) is 0. The molecule has 0 saturated carbocycles. The van der Waals surface area contributed by atoms with Crippen molar-refractivity contribution >= 4 is 41.1 Å². The van der Waals surface area contributed by atoms with Gasteiger partial charge in [0.05, 0.1) is 12.2 Å². The molecule has 0 aliphatic heterocycles. The van der Waals surface area contributed by atoms with E-state index in [2.05, 4.69) is 15.7 Å². The number of nitrogens with zero attached hydrogens (tertiary/aromatic N) is 2. The Balaban J connectivity index is 1.91. The van der Waals surface area contributed by atoms with Crippen LogP contribution in [0.1, 0.15) is 43.5 Å². The summed E-state index contributed by atoms with van der Waals surface area (Å²) in [5.41, 5.74) is 2.42. The number of aromatic nitrogens is 2. The lowest BCUT2D eigenvalue weighted by molar-refractivity contribution is -0.121. The van der Waals surface area contributed by atoms with E-state index in [4.69, 9.17) is 23.2 Å². The van der Waals surface area contributed by atoms with E-state index in [0.29, 0.717) is 22.3 Å². The lowest BCUT2D eigenvalue weighted by atomic mass is 10.2. The van der Waals surface area contributed by atoms with Gasteiger partial charge in [-0.25, -0.2) is 4.68 Å². The minimum Gasteiger partial charge on any atom is -0.354 e. The molecular weight excluding hydrogens is 411 g/mol. The van der Waals surface area contributed by atoms with E-state index in [-0.39, 0.29) is 30.8 Å². The molecule has 2 aromatic rings. The molecule has 156 valence electrons. The van der Waals surface area contributed by atoms with Gasteiger partial charge in [-0.3, -0.25) is 9.59 Å². The Kier molecular flexibility index (Phi) is 8.73. The maximum absolute atomic E-state index is 12.0. The summed E-state index contributed by atoms with van der Waals surface area (Å²) in [4.78, 5) is 23.7. The van der Waals surface area contributed by atoms with Crippen molar-refractivity contribution in [1.29, 1.82) is 0 Å². The van der Waals surface area contributed by atoms with Crippen LogP contribution in [0, 0.1) is 6.92 Å². The molecular formula is C21H26Cl2N4O2. The average molecular weight is 437 g/mol. The van der Waals surface area contributed by atoms with Gasteiger partial charge in [0.2, 0.25) is 11.8 Å². The van der Waals surface area contributed by atoms with Gasteiger partial charge in [-0.1, -0.05) is 42.3 Å². The average Bonchev–Trinajstić information content (AvgIpc) is 2.94. The number of benzene rings is 1. The number of carbonyl (C=O) groups excluding carboxylic acids is 2. The Labute approximate surface area is 181 Å². The number of nitrogens with one attached hydrogen (secondary N) is 2. The molecule has 0 saturated heterocycles. The normalized spacial score (nSPS) is 12.2. The number of rotatable bonds is 9. The summed E-state index contributed by atoms with van der Waals surface area (Å²) in [5, 5.41) is 11.1. The SMILES string of the molecule is CCC(C)NC(=O)CCNC(=O)/C=C/c1c(C)nn(Cc2ccc(Cl)cc2)c1Cl. The maximum Gasteiger partial charge on any atom is 0.244 e. The number of carbonyl (C=O) groups is 2. The van der Waals surface area contributed by atoms with E-state index in [1.54, 1.807) is 10.8 Å². The molecule has 0 spiro atoms. The first-order valence-corrected chi connectivity index (χ1v) is 10.3. The third-order valence-corrected chi connectivity index (χ3v) is 5.08. The zero-order chi connectivity index (χ0) is 21.4. The zero-order valence-corrected chi connectivity index (χ0v) is 18.3. The van der Waals surface area contributed by atoms with Crippen molar-refractivity contribution in [3.8, 4) is 0 Å². The van der Waals surface area contributed by atoms with Gasteiger partial charge in [-0.2, -0.15) is 5.10 Å². The molecule has 1 heterocycles. The van der Waals surface area contributed by atoms with Crippen molar-refractivity contribution in [3.05, 3.63) is 57.3 Å². The second kappa shape index (κ2) is 11.0. The summed E-state index contributed by atoms with van der Waals surface area (Å²) >= 11 is 12.4. The molecule has 0 aliphatic rings. The van der Waals surface area contributed by atoms with Crippen LogP contribution >= 0.6 is 23.2 Å². The van der Waals surface area contributed by atoms with Gasteiger partial charge in [0.25, 0.3) is 0 Å². The number of halogens is 2. The molecule has 1 atom stereocenters. The second-order valence-electron chi connectivity index (χ2n) is 6.83. The summed E-state index contributed by atoms with van der Waals surface area (Å²) in [6.07, 6.45) is 4.14. The van der Waals surface area contributed by atoms with Crippen molar-refractivity contribution in [1.82, 2.24) is 20.4 Å². The highest BCUT2D eigenvalue weighted by Gasteiger charge is 2.12. The summed E-state index contributed by atoms with van der Waals surface area (Å²) in [6, 6.07) is 7.59. The fourth-order valence-corrected chi connectivity index (χ4v) is 3.01. The summed E-state index contributed by atoms with van der Waals surface area (Å²) in [6.45, 7) is 6.55. The molecule has 1 aromatic carbocycles. The van der Waals surface area contributed by atoms with Crippen LogP contribution in [-0.2, 0) is 16.1 Å². The van der Waals surface area contributed by atoms with E-state index in [1.165, 1.54) is 6.08 Å². The second-order valence-corrected chi connectivity index (χ2v) is 7.62. The fourth-order valence-electron chi connectivity index (χ4n) is 2.59. The van der Waals surface area contributed by atoms with Gasteiger partial charge in [0, 0.05) is 35.7 Å². The smallest absolute Gasteiger partial charge is 0.244 e. The Hall–Kier alpha value is -2.31. The Morgan fingerprint density at radius 3 is 2.59 bits per heavy atom. The number of amides is 2. The molecule has 0 aliphatic carbocycles. The van der Waals surface area contributed by atoms with Crippen LogP contribution in [0.25, 0.3) is 6.08 Å². The van der Waals surface area contributed by atoms with Crippen molar-refractivity contribution in [2.24, 2.45) is 0 Å². The molecule has 2 N–H and O–H groups in total. The van der Waals surface area contributed by atoms with Crippen LogP contribution in [0.3, 0.4) is 0 Å². The van der Waals surface area contributed by atoms with Crippen LogP contribution in [0.15, 0.2) is 30.3 Å². The fraction of sp³-hybridized carbons (Fsp3) is 0.381. The van der Waals surface area contributed by atoms with Gasteiger partial charge in [0.1, 0.15) is 5.15 Å². The predicted octanol–water partition coefficient (Wildman–Crippen LogP) is 3.98. The van der Waals surface area contributed by atoms with Crippen LogP contribution < -0.4 is 10.6 Å². The Morgan fingerprint density at radius 1 is 1.24 bits per heavy atom. The molecule has 29 heavy (non-hydrogen) atoms. The third kappa shape index (κ3) is 7.22. The Morgan fingerprint density at radius 2 is 1.93 bits per heavy atom. The van der Waals surface area contributed by atoms with Gasteiger partial charge in [-0.05, 0) is 44.0 Å². The van der Waals surface area contributed by atoms with Gasteiger partial charge >= 0.3 is 0 Å². The quantitative estimate of drug-likeness (QED) is 0.583. The molecule has 6 nitrogen and oxygen atoms in total. The lowest BCUT2D eigenvalue weighted by Crippen LogP contribution is -2.34. The number of hydrogen-bond acceptors (Lipinski definition) is 3. The topological polar surface area (TPSA) is 76.0 Å². The molecule has 0 fully saturated rings. The lowest BCUT2D eigenvalue weighted by Gasteiger charge is -2.11. The molecule has 0 bridgehead atoms. The van der Waals surface area contributed by atoms with Crippen LogP contribution in [0.5, 0.6) is 0 Å². The van der Waals surface area contributed by atoms with Crippen molar-refractivity contribution < 1.29 is 9.59 Å². The maximum atomic E-state index is 12.0. The minimum atomic E-state index is -0.290. The molecule has 8 heteroatoms. The van der Waals surface area contributed by atoms with E-state index in [9.17, 15) is 9.59 Å². The van der Waals surface area contributed by atoms with Crippen molar-refractivity contribution in [2.45, 2.75) is 46.2 Å². The minimum absolute atomic E-state index is 0.0778. The van der Waals surface area contributed by atoms with Gasteiger partial charge < -0.3 is 10.6 Å². The first-order chi connectivity index (χ1) is 13.8. The van der Waals surface area contributed by atoms with E-state index < -0.39 is 0 Å². The van der Waals surface area contributed by atoms with Crippen LogP contribution in [0.2, 0.25) is 10.2 Å². The molecule has 1 aromatic heterocycles. The van der Waals surface area contributed by atoms with E-state index in [1.807, 2.05) is 45.0 Å². The van der Waals surface area contributed by atoms with Crippen LogP contribution in [-0.4, -0.2) is 34.2 Å². The van der Waals surface area contributed by atoms with Crippen molar-refractivity contribution in [2.75, 3.05) is 6.54 Å². The van der Waals surface area contributed by atoms with Gasteiger partial charge in [0.15, 0.2) is 0 Å². The highest BCUT2D eigenvalue weighted by Crippen LogP contribution is 2.22. The third-order valence-electron chi connectivity index (χ3n) is 4.43. The number of aryl methyl sites for hydroxylation is 1. The summed E-state index contributed by atoms with van der Waals surface area (Å²) < 4.78 is 1.68. The van der Waals surface area contributed by atoms with Crippen LogP contribution in [0.4, 0.5) is 0 Å². The molecule has 2 rings (SSSR count). The standard InChI is InChI=1S/C21H26Cl2N4O2/c1-4-14(2)25-20(29)11-12-24-19(28)10-9-18-15(3)26-27(21(18)23)13-16-5-7-17(22)8-6-16/h5-10,14H,4,11-13H2,1-3H3,(H,24,28)(H,25,29)/b10-9+. The highest BCUT2D eigenvalue weighted by atomic mass is 35.5. The largest absolute Gasteiger partial charge is 0.354 e. The molecule has 0 radical (unpaired) electrons. The zero-order valence-electron chi connectivity index (χ0n) is 16.8. The monoisotopic (exact) mass is 436 g/mol. The highest BCUT2D eigenvalue weighted by molar-refractivity contribution is 6.31. The van der Waals surface area contributed by atoms with E-state index in [0.717, 1.165) is 17.7 Å².